The largest absolute Gasteiger partial charge is 0.491 e. The van der Waals surface area contributed by atoms with Crippen LogP contribution in [0.2, 0.25) is 5.02 Å². The quantitative estimate of drug-likeness (QED) is 0.427. The topological polar surface area (TPSA) is 88.7 Å². The van der Waals surface area contributed by atoms with E-state index < -0.39 is 11.8 Å². The van der Waals surface area contributed by atoms with Crippen LogP contribution < -0.4 is 25.6 Å². The molecule has 0 aliphatic heterocycles. The van der Waals surface area contributed by atoms with Crippen LogP contribution in [0.3, 0.4) is 0 Å². The van der Waals surface area contributed by atoms with Crippen LogP contribution in [0.15, 0.2) is 36.4 Å². The van der Waals surface area contributed by atoms with Gasteiger partial charge >= 0.3 is 0 Å². The lowest BCUT2D eigenvalue weighted by atomic mass is 10.1. The number of carbonyl (C=O) groups is 2. The average Bonchev–Trinajstić information content (AvgIpc) is 2.74. The Hall–Kier alpha value is -2.84. The number of nitrogens with one attached hydrogen (secondary N) is 3. The zero-order valence-corrected chi connectivity index (χ0v) is 19.4. The van der Waals surface area contributed by atoms with Gasteiger partial charge in [-0.25, -0.2) is 0 Å². The molecule has 0 radical (unpaired) electrons. The monoisotopic (exact) mass is 463 g/mol. The smallest absolute Gasteiger partial charge is 0.276 e. The Morgan fingerprint density at radius 3 is 2.42 bits per heavy atom. The van der Waals surface area contributed by atoms with Crippen LogP contribution in [0.5, 0.6) is 11.5 Å². The minimum Gasteiger partial charge on any atom is -0.491 e. The molecule has 2 aromatic carbocycles. The predicted octanol–water partition coefficient (Wildman–Crippen LogP) is 3.85. The van der Waals surface area contributed by atoms with Crippen molar-refractivity contribution in [2.45, 2.75) is 40.2 Å². The molecule has 3 N–H and O–H groups in total. The fraction of sp³-hybridized carbons (Fsp3) is 0.318. The summed E-state index contributed by atoms with van der Waals surface area (Å²) in [5, 5.41) is 3.11. The Bertz CT molecular complexity index is 945. The van der Waals surface area contributed by atoms with Crippen molar-refractivity contribution < 1.29 is 19.1 Å². The number of amides is 2. The van der Waals surface area contributed by atoms with E-state index in [0.717, 1.165) is 17.5 Å². The molecule has 0 heterocycles. The van der Waals surface area contributed by atoms with Gasteiger partial charge < -0.3 is 9.47 Å². The van der Waals surface area contributed by atoms with Gasteiger partial charge in [0, 0.05) is 10.6 Å². The van der Waals surface area contributed by atoms with Crippen molar-refractivity contribution in [3.63, 3.8) is 0 Å². The Kier molecular flexibility index (Phi) is 9.08. The molecule has 2 aromatic rings. The zero-order chi connectivity index (χ0) is 23.0. The number of hydrogen-bond donors (Lipinski definition) is 3. The lowest BCUT2D eigenvalue weighted by Gasteiger charge is -2.14. The second kappa shape index (κ2) is 11.5. The zero-order valence-electron chi connectivity index (χ0n) is 17.9. The Balaban J connectivity index is 1.80. The van der Waals surface area contributed by atoms with Crippen molar-refractivity contribution in [1.82, 2.24) is 16.2 Å². The molecule has 0 saturated carbocycles. The first-order valence-corrected chi connectivity index (χ1v) is 10.5. The molecule has 0 fully saturated rings. The Morgan fingerprint density at radius 2 is 1.77 bits per heavy atom. The molecular weight excluding hydrogens is 438 g/mol. The van der Waals surface area contributed by atoms with Crippen LogP contribution in [0.25, 0.3) is 0 Å². The summed E-state index contributed by atoms with van der Waals surface area (Å²) < 4.78 is 11.2. The third-order valence-electron chi connectivity index (χ3n) is 4.33. The number of thiocarbonyl (C=S) groups is 1. The molecule has 0 saturated heterocycles. The van der Waals surface area contributed by atoms with E-state index in [1.165, 1.54) is 0 Å². The van der Waals surface area contributed by atoms with Gasteiger partial charge in [-0.2, -0.15) is 0 Å². The second-order valence-electron chi connectivity index (χ2n) is 6.98. The molecule has 1 atom stereocenters. The molecule has 0 aliphatic carbocycles. The van der Waals surface area contributed by atoms with E-state index in [1.54, 1.807) is 36.4 Å². The normalized spacial score (nSPS) is 11.3. The van der Waals surface area contributed by atoms with Gasteiger partial charge in [0.05, 0.1) is 6.10 Å². The van der Waals surface area contributed by atoms with Gasteiger partial charge in [0.15, 0.2) is 11.7 Å². The average molecular weight is 464 g/mol. The van der Waals surface area contributed by atoms with Crippen LogP contribution in [-0.2, 0) is 4.79 Å². The summed E-state index contributed by atoms with van der Waals surface area (Å²) in [5.74, 6) is 0.236. The van der Waals surface area contributed by atoms with Gasteiger partial charge in [-0.3, -0.25) is 25.8 Å². The highest BCUT2D eigenvalue weighted by molar-refractivity contribution is 7.80. The van der Waals surface area contributed by atoms with Crippen LogP contribution in [0.4, 0.5) is 0 Å². The molecule has 2 amide bonds. The Morgan fingerprint density at radius 1 is 1.10 bits per heavy atom. The fourth-order valence-corrected chi connectivity index (χ4v) is 2.79. The molecular formula is C22H26ClN3O4S. The van der Waals surface area contributed by atoms with E-state index in [2.05, 4.69) is 16.2 Å². The first-order valence-electron chi connectivity index (χ1n) is 9.76. The van der Waals surface area contributed by atoms with Crippen molar-refractivity contribution in [3.8, 4) is 11.5 Å². The first kappa shape index (κ1) is 24.4. The highest BCUT2D eigenvalue weighted by Gasteiger charge is 2.11. The summed E-state index contributed by atoms with van der Waals surface area (Å²) >= 11 is 11.2. The number of hydrazine groups is 1. The summed E-state index contributed by atoms with van der Waals surface area (Å²) in [6, 6.07) is 10.3. The molecule has 31 heavy (non-hydrogen) atoms. The van der Waals surface area contributed by atoms with Gasteiger partial charge in [-0.1, -0.05) is 24.6 Å². The predicted molar refractivity (Wildman–Crippen MR) is 125 cm³/mol. The van der Waals surface area contributed by atoms with Crippen molar-refractivity contribution in [1.29, 1.82) is 0 Å². The summed E-state index contributed by atoms with van der Waals surface area (Å²) in [6.07, 6.45) is 0.893. The van der Waals surface area contributed by atoms with Gasteiger partial charge in [0.1, 0.15) is 11.5 Å². The maximum absolute atomic E-state index is 12.4. The molecule has 0 aliphatic rings. The third kappa shape index (κ3) is 7.73. The highest BCUT2D eigenvalue weighted by atomic mass is 35.5. The van der Waals surface area contributed by atoms with Crippen molar-refractivity contribution >= 4 is 40.7 Å². The van der Waals surface area contributed by atoms with E-state index in [9.17, 15) is 9.59 Å². The SMILES string of the molecule is CCC(C)Oc1cccc(C(=O)NC(=S)NNC(=O)COc2cc(C)c(Cl)c(C)c2)c1. The number of rotatable bonds is 7. The third-order valence-corrected chi connectivity index (χ3v) is 5.13. The lowest BCUT2D eigenvalue weighted by molar-refractivity contribution is -0.123. The van der Waals surface area contributed by atoms with Gasteiger partial charge in [-0.15, -0.1) is 0 Å². The summed E-state index contributed by atoms with van der Waals surface area (Å²) in [4.78, 5) is 24.3. The van der Waals surface area contributed by atoms with Crippen molar-refractivity contribution in [3.05, 3.63) is 58.1 Å². The van der Waals surface area contributed by atoms with Crippen molar-refractivity contribution in [2.24, 2.45) is 0 Å². The minimum atomic E-state index is -0.467. The highest BCUT2D eigenvalue weighted by Crippen LogP contribution is 2.25. The Labute approximate surface area is 192 Å². The van der Waals surface area contributed by atoms with Crippen LogP contribution in [-0.4, -0.2) is 29.6 Å². The van der Waals surface area contributed by atoms with Gasteiger partial charge in [0.25, 0.3) is 11.8 Å². The van der Waals surface area contributed by atoms with Crippen LogP contribution in [0, 0.1) is 13.8 Å². The number of ether oxygens (including phenoxy) is 2. The number of hydrogen-bond acceptors (Lipinski definition) is 5. The first-order chi connectivity index (χ1) is 14.7. The van der Waals surface area contributed by atoms with E-state index in [0.29, 0.717) is 22.1 Å². The fourth-order valence-electron chi connectivity index (χ4n) is 2.53. The molecule has 0 bridgehead atoms. The molecule has 0 aromatic heterocycles. The molecule has 2 rings (SSSR count). The second-order valence-corrected chi connectivity index (χ2v) is 7.77. The molecule has 9 heteroatoms. The summed E-state index contributed by atoms with van der Waals surface area (Å²) in [7, 11) is 0. The summed E-state index contributed by atoms with van der Waals surface area (Å²) in [5.41, 5.74) is 6.95. The molecule has 1 unspecified atom stereocenters. The van der Waals surface area contributed by atoms with Gasteiger partial charge in [-0.05, 0) is 80.9 Å². The molecule has 166 valence electrons. The minimum absolute atomic E-state index is 0.0409. The van der Waals surface area contributed by atoms with Crippen LogP contribution >= 0.6 is 23.8 Å². The van der Waals surface area contributed by atoms with E-state index in [1.807, 2.05) is 27.7 Å². The number of aryl methyl sites for hydroxylation is 2. The standard InChI is InChI=1S/C22H26ClN3O4S/c1-5-15(4)30-17-8-6-7-16(11-17)21(28)24-22(31)26-25-19(27)12-29-18-9-13(2)20(23)14(3)10-18/h6-11,15H,5,12H2,1-4H3,(H,25,27)(H2,24,26,28,31). The van der Waals surface area contributed by atoms with E-state index in [4.69, 9.17) is 33.3 Å². The molecule has 7 nitrogen and oxygen atoms in total. The molecule has 0 spiro atoms. The van der Waals surface area contributed by atoms with Gasteiger partial charge in [0.2, 0.25) is 0 Å². The lowest BCUT2D eigenvalue weighted by Crippen LogP contribution is -2.49. The van der Waals surface area contributed by atoms with E-state index >= 15 is 0 Å². The maximum Gasteiger partial charge on any atom is 0.276 e. The number of carbonyl (C=O) groups excluding carboxylic acids is 2. The number of halogens is 1. The van der Waals surface area contributed by atoms with E-state index in [-0.39, 0.29) is 17.8 Å². The summed E-state index contributed by atoms with van der Waals surface area (Å²) in [6.45, 7) is 7.45. The van der Waals surface area contributed by atoms with Crippen LogP contribution in [0.1, 0.15) is 41.8 Å². The van der Waals surface area contributed by atoms with Crippen molar-refractivity contribution in [2.75, 3.05) is 6.61 Å². The number of benzene rings is 2. The maximum atomic E-state index is 12.4.